The molecule has 0 aliphatic heterocycles. The van der Waals surface area contributed by atoms with Gasteiger partial charge in [0, 0.05) is 50.7 Å². The minimum absolute atomic E-state index is 0.407. The molecule has 0 aliphatic carbocycles. The molecule has 7 heteroatoms. The van der Waals surface area contributed by atoms with Crippen LogP contribution < -0.4 is 24.0 Å². The van der Waals surface area contributed by atoms with Crippen LogP contribution in [0.25, 0.3) is 32.3 Å². The van der Waals surface area contributed by atoms with Gasteiger partial charge in [0.2, 0.25) is 5.75 Å². The van der Waals surface area contributed by atoms with Crippen molar-refractivity contribution in [2.75, 3.05) is 52.2 Å². The first-order chi connectivity index (χ1) is 19.9. The van der Waals surface area contributed by atoms with Gasteiger partial charge in [-0.15, -0.1) is 11.3 Å². The van der Waals surface area contributed by atoms with Crippen LogP contribution in [0.1, 0.15) is 5.56 Å². The Morgan fingerprint density at radius 1 is 0.659 bits per heavy atom. The minimum atomic E-state index is 0.407. The minimum Gasteiger partial charge on any atom is -0.493 e. The third-order valence-corrected chi connectivity index (χ3v) is 8.02. The normalized spacial score (nSPS) is 10.8. The number of anilines is 2. The Kier molecular flexibility index (Phi) is 8.45. The summed E-state index contributed by atoms with van der Waals surface area (Å²) in [6.07, 6.45) is 0. The highest BCUT2D eigenvalue weighted by Gasteiger charge is 2.21. The second-order valence-corrected chi connectivity index (χ2v) is 11.1. The van der Waals surface area contributed by atoms with E-state index in [-0.39, 0.29) is 0 Å². The molecule has 0 saturated heterocycles. The van der Waals surface area contributed by atoms with Crippen molar-refractivity contribution in [1.29, 1.82) is 0 Å². The summed E-state index contributed by atoms with van der Waals surface area (Å²) in [4.78, 5) is 10.5. The monoisotopic (exact) mass is 565 g/mol. The van der Waals surface area contributed by atoms with E-state index in [1.807, 2.05) is 70.7 Å². The quantitative estimate of drug-likeness (QED) is 0.172. The van der Waals surface area contributed by atoms with Gasteiger partial charge in [0.15, 0.2) is 11.5 Å². The number of thiazole rings is 1. The molecular weight excluding hydrogens is 530 g/mol. The molecule has 0 saturated carbocycles. The van der Waals surface area contributed by atoms with E-state index < -0.39 is 0 Å². The number of rotatable bonds is 10. The molecule has 5 rings (SSSR count). The maximum absolute atomic E-state index is 6.18. The summed E-state index contributed by atoms with van der Waals surface area (Å²) in [5, 5.41) is 0.870. The number of ether oxygens (including phenoxy) is 3. The zero-order valence-electron chi connectivity index (χ0n) is 24.3. The van der Waals surface area contributed by atoms with Crippen molar-refractivity contribution in [3.8, 4) is 49.5 Å². The van der Waals surface area contributed by atoms with Crippen LogP contribution in [0, 0.1) is 0 Å². The van der Waals surface area contributed by atoms with Crippen LogP contribution in [0.15, 0.2) is 91.0 Å². The molecule has 1 heterocycles. The van der Waals surface area contributed by atoms with Crippen molar-refractivity contribution in [3.05, 3.63) is 96.6 Å². The highest BCUT2D eigenvalue weighted by molar-refractivity contribution is 7.19. The first kappa shape index (κ1) is 28.1. The third kappa shape index (κ3) is 6.15. The van der Waals surface area contributed by atoms with Crippen molar-refractivity contribution < 1.29 is 14.2 Å². The first-order valence-electron chi connectivity index (χ1n) is 13.4. The number of aromatic nitrogens is 1. The Hall–Kier alpha value is -4.49. The van der Waals surface area contributed by atoms with Gasteiger partial charge in [-0.25, -0.2) is 4.98 Å². The van der Waals surface area contributed by atoms with Gasteiger partial charge in [-0.1, -0.05) is 54.6 Å². The van der Waals surface area contributed by atoms with Gasteiger partial charge in [-0.2, -0.15) is 0 Å². The third-order valence-electron chi connectivity index (χ3n) is 6.86. The molecule has 0 N–H and O–H groups in total. The van der Waals surface area contributed by atoms with Gasteiger partial charge >= 0.3 is 0 Å². The van der Waals surface area contributed by atoms with E-state index in [4.69, 9.17) is 19.2 Å². The van der Waals surface area contributed by atoms with Gasteiger partial charge in [0.25, 0.3) is 0 Å². The fourth-order valence-corrected chi connectivity index (χ4v) is 5.62. The average molecular weight is 566 g/mol. The smallest absolute Gasteiger partial charge is 0.203 e. The molecule has 6 nitrogen and oxygen atoms in total. The Balaban J connectivity index is 1.58. The predicted octanol–water partition coefficient (Wildman–Crippen LogP) is 7.87. The topological polar surface area (TPSA) is 47.1 Å². The molecule has 0 unspecified atom stereocenters. The van der Waals surface area contributed by atoms with Gasteiger partial charge in [-0.3, -0.25) is 0 Å². The molecule has 4 aromatic carbocycles. The van der Waals surface area contributed by atoms with Gasteiger partial charge in [0.1, 0.15) is 11.6 Å². The fourth-order valence-electron chi connectivity index (χ4n) is 4.54. The molecule has 0 radical (unpaired) electrons. The lowest BCUT2D eigenvalue weighted by Gasteiger charge is -2.15. The Bertz CT molecular complexity index is 1500. The lowest BCUT2D eigenvalue weighted by molar-refractivity contribution is 0.266. The molecule has 0 bridgehead atoms. The largest absolute Gasteiger partial charge is 0.493 e. The molecule has 1 aromatic heterocycles. The molecule has 5 aromatic rings. The highest BCUT2D eigenvalue weighted by Crippen LogP contribution is 2.46. The number of nitrogens with zero attached hydrogens (tertiary/aromatic N) is 3. The Morgan fingerprint density at radius 2 is 1.20 bits per heavy atom. The second-order valence-electron chi connectivity index (χ2n) is 10.1. The predicted molar refractivity (Wildman–Crippen MR) is 171 cm³/mol. The summed E-state index contributed by atoms with van der Waals surface area (Å²) in [5.41, 5.74) is 7.38. The van der Waals surface area contributed by atoms with Crippen LogP contribution in [-0.4, -0.2) is 47.4 Å². The zero-order chi connectivity index (χ0) is 28.9. The van der Waals surface area contributed by atoms with E-state index in [1.54, 1.807) is 25.6 Å². The summed E-state index contributed by atoms with van der Waals surface area (Å²) >= 11 is 1.65. The standard InChI is InChI=1S/C34H35N3O3S/c1-36(2)27-16-12-24(13-17-27)31-33(25-14-18-28(19-15-25)37(3)4)41-34(35-31)26-20-29(38-5)32(30(21-26)39-6)40-22-23-10-8-7-9-11-23/h7-21H,22H2,1-6H3. The van der Waals surface area contributed by atoms with Crippen LogP contribution >= 0.6 is 11.3 Å². The van der Waals surface area contributed by atoms with Crippen LogP contribution in [0.2, 0.25) is 0 Å². The molecule has 0 fully saturated rings. The summed E-state index contributed by atoms with van der Waals surface area (Å²) < 4.78 is 17.7. The van der Waals surface area contributed by atoms with Crippen LogP contribution in [0.3, 0.4) is 0 Å². The van der Waals surface area contributed by atoms with Crippen LogP contribution in [0.5, 0.6) is 17.2 Å². The molecule has 0 spiro atoms. The second kappa shape index (κ2) is 12.4. The summed E-state index contributed by atoms with van der Waals surface area (Å²) in [7, 11) is 11.5. The maximum Gasteiger partial charge on any atom is 0.203 e. The SMILES string of the molecule is COc1cc(-c2nc(-c3ccc(N(C)C)cc3)c(-c3ccc(N(C)C)cc3)s2)cc(OC)c1OCc1ccccc1. The van der Waals surface area contributed by atoms with Crippen LogP contribution in [-0.2, 0) is 6.61 Å². The van der Waals surface area contributed by atoms with E-state index in [1.165, 1.54) is 0 Å². The molecule has 0 amide bonds. The zero-order valence-corrected chi connectivity index (χ0v) is 25.2. The number of methoxy groups -OCH3 is 2. The van der Waals surface area contributed by atoms with Gasteiger partial charge in [-0.05, 0) is 47.5 Å². The fraction of sp³-hybridized carbons (Fsp3) is 0.206. The summed E-state index contributed by atoms with van der Waals surface area (Å²) in [6.45, 7) is 0.407. The number of hydrogen-bond donors (Lipinski definition) is 0. The Labute approximate surface area is 246 Å². The van der Waals surface area contributed by atoms with Crippen molar-refractivity contribution in [2.45, 2.75) is 6.61 Å². The lowest BCUT2D eigenvalue weighted by atomic mass is 10.1. The van der Waals surface area contributed by atoms with E-state index in [2.05, 4.69) is 58.3 Å². The van der Waals surface area contributed by atoms with Crippen LogP contribution in [0.4, 0.5) is 11.4 Å². The van der Waals surface area contributed by atoms with E-state index >= 15 is 0 Å². The highest BCUT2D eigenvalue weighted by atomic mass is 32.1. The van der Waals surface area contributed by atoms with Crippen molar-refractivity contribution in [1.82, 2.24) is 4.98 Å². The average Bonchev–Trinajstić information content (AvgIpc) is 3.46. The van der Waals surface area contributed by atoms with Crippen molar-refractivity contribution >= 4 is 22.7 Å². The lowest BCUT2D eigenvalue weighted by Crippen LogP contribution is -2.08. The number of benzene rings is 4. The van der Waals surface area contributed by atoms with Crippen molar-refractivity contribution in [2.24, 2.45) is 0 Å². The van der Waals surface area contributed by atoms with Crippen molar-refractivity contribution in [3.63, 3.8) is 0 Å². The number of hydrogen-bond acceptors (Lipinski definition) is 7. The maximum atomic E-state index is 6.18. The van der Waals surface area contributed by atoms with Gasteiger partial charge < -0.3 is 24.0 Å². The first-order valence-corrected chi connectivity index (χ1v) is 14.2. The van der Waals surface area contributed by atoms with E-state index in [0.717, 1.165) is 49.2 Å². The Morgan fingerprint density at radius 3 is 1.71 bits per heavy atom. The van der Waals surface area contributed by atoms with E-state index in [0.29, 0.717) is 23.9 Å². The summed E-state index contributed by atoms with van der Waals surface area (Å²) in [5.74, 6) is 1.76. The van der Waals surface area contributed by atoms with E-state index in [9.17, 15) is 0 Å². The molecule has 0 atom stereocenters. The molecule has 210 valence electrons. The summed E-state index contributed by atoms with van der Waals surface area (Å²) in [6, 6.07) is 31.1. The molecule has 41 heavy (non-hydrogen) atoms. The molecular formula is C34H35N3O3S. The molecule has 0 aliphatic rings. The van der Waals surface area contributed by atoms with Gasteiger partial charge in [0.05, 0.1) is 24.8 Å².